The molecule has 1 fully saturated rings. The van der Waals surface area contributed by atoms with Crippen molar-refractivity contribution in [2.45, 2.75) is 45.5 Å². The summed E-state index contributed by atoms with van der Waals surface area (Å²) in [5.74, 6) is 1.44. The van der Waals surface area contributed by atoms with E-state index >= 15 is 0 Å². The topological polar surface area (TPSA) is 119 Å². The second-order valence-corrected chi connectivity index (χ2v) is 10.2. The summed E-state index contributed by atoms with van der Waals surface area (Å²) in [6.07, 6.45) is -0.632. The molecule has 0 radical (unpaired) electrons. The van der Waals surface area contributed by atoms with Crippen LogP contribution in [0.4, 0.5) is 5.69 Å². The zero-order valence-corrected chi connectivity index (χ0v) is 22.4. The van der Waals surface area contributed by atoms with Gasteiger partial charge in [-0.05, 0) is 12.1 Å². The van der Waals surface area contributed by atoms with Crippen molar-refractivity contribution in [3.05, 3.63) is 29.8 Å². The molecule has 1 aliphatic rings. The Morgan fingerprint density at radius 3 is 2.19 bits per heavy atom. The summed E-state index contributed by atoms with van der Waals surface area (Å²) in [4.78, 5) is 13.2. The molecule has 37 heavy (non-hydrogen) atoms. The van der Waals surface area contributed by atoms with Crippen LogP contribution < -0.4 is 24.7 Å². The molecule has 0 unspecified atom stereocenters. The normalized spacial score (nSPS) is 19.8. The average Bonchev–Trinajstić information content (AvgIpc) is 3.18. The quantitative estimate of drug-likeness (QED) is 0.259. The van der Waals surface area contributed by atoms with Crippen LogP contribution in [0.1, 0.15) is 32.8 Å². The maximum atomic E-state index is 13.2. The van der Waals surface area contributed by atoms with Gasteiger partial charge in [-0.25, -0.2) is 4.79 Å². The largest absolute Gasteiger partial charge is 0.496 e. The molecule has 1 saturated heterocycles. The number of hydrogen-bond donors (Lipinski definition) is 2. The highest BCUT2D eigenvalue weighted by atomic mass is 16.8. The number of nitrogen functional groups attached to an aromatic ring is 1. The number of fused-ring (bicyclic) bond motifs is 2. The van der Waals surface area contributed by atoms with E-state index in [1.165, 1.54) is 0 Å². The van der Waals surface area contributed by atoms with Crippen molar-refractivity contribution < 1.29 is 38.3 Å². The molecule has 9 nitrogen and oxygen atoms in total. The fourth-order valence-corrected chi connectivity index (χ4v) is 5.04. The van der Waals surface area contributed by atoms with Gasteiger partial charge in [0.1, 0.15) is 23.0 Å². The van der Waals surface area contributed by atoms with Crippen molar-refractivity contribution in [1.82, 2.24) is 0 Å². The number of aliphatic hydroxyl groups is 1. The second-order valence-electron chi connectivity index (χ2n) is 10.2. The number of benzene rings is 3. The third kappa shape index (κ3) is 4.26. The minimum Gasteiger partial charge on any atom is -0.496 e. The number of cyclic esters (lactones) is 1. The molecule has 9 heteroatoms. The lowest BCUT2D eigenvalue weighted by Gasteiger charge is -2.29. The molecule has 0 bridgehead atoms. The number of rotatable bonds is 8. The maximum Gasteiger partial charge on any atom is 0.341 e. The third-order valence-corrected chi connectivity index (χ3v) is 6.79. The zero-order chi connectivity index (χ0) is 27.1. The molecular weight excluding hydrogens is 478 g/mol. The number of hydrogen-bond acceptors (Lipinski definition) is 9. The minimum absolute atomic E-state index is 0.0522. The van der Waals surface area contributed by atoms with E-state index in [2.05, 4.69) is 0 Å². The second kappa shape index (κ2) is 9.79. The van der Waals surface area contributed by atoms with E-state index < -0.39 is 23.3 Å². The Morgan fingerprint density at radius 1 is 0.973 bits per heavy atom. The number of anilines is 1. The van der Waals surface area contributed by atoms with E-state index in [0.29, 0.717) is 50.4 Å². The highest BCUT2D eigenvalue weighted by molar-refractivity contribution is 6.18. The molecule has 3 N–H and O–H groups in total. The van der Waals surface area contributed by atoms with Gasteiger partial charge < -0.3 is 39.3 Å². The molecule has 3 aromatic carbocycles. The van der Waals surface area contributed by atoms with Gasteiger partial charge in [-0.3, -0.25) is 0 Å². The fraction of sp³-hybridized carbons (Fsp3) is 0.464. The molecule has 0 amide bonds. The Balaban J connectivity index is 2.05. The first kappa shape index (κ1) is 26.6. The molecular formula is C28H35NO8. The number of carbonyl (C=O) groups is 1. The van der Waals surface area contributed by atoms with Crippen LogP contribution in [0.15, 0.2) is 24.3 Å². The van der Waals surface area contributed by atoms with Crippen LogP contribution >= 0.6 is 0 Å². The van der Waals surface area contributed by atoms with Crippen LogP contribution in [0.25, 0.3) is 21.5 Å². The molecule has 4 rings (SSSR count). The Kier molecular flexibility index (Phi) is 7.05. The molecule has 0 aromatic heterocycles. The zero-order valence-electron chi connectivity index (χ0n) is 22.4. The first-order valence-electron chi connectivity index (χ1n) is 12.1. The van der Waals surface area contributed by atoms with Crippen LogP contribution in [-0.4, -0.2) is 58.0 Å². The van der Waals surface area contributed by atoms with E-state index in [9.17, 15) is 9.90 Å². The van der Waals surface area contributed by atoms with E-state index in [4.69, 9.17) is 34.2 Å². The smallest absolute Gasteiger partial charge is 0.341 e. The average molecular weight is 514 g/mol. The number of aliphatic hydroxyl groups excluding tert-OH is 1. The van der Waals surface area contributed by atoms with Gasteiger partial charge in [0, 0.05) is 41.5 Å². The van der Waals surface area contributed by atoms with E-state index in [0.717, 1.165) is 5.39 Å². The minimum atomic E-state index is -1.41. The Hall–Kier alpha value is -3.43. The molecule has 200 valence electrons. The van der Waals surface area contributed by atoms with Crippen molar-refractivity contribution in [2.75, 3.05) is 40.8 Å². The number of ether oxygens (including phenoxy) is 6. The highest BCUT2D eigenvalue weighted by Gasteiger charge is 2.53. The number of methoxy groups -OCH3 is 4. The van der Waals surface area contributed by atoms with E-state index in [1.807, 2.05) is 32.9 Å². The summed E-state index contributed by atoms with van der Waals surface area (Å²) in [5, 5.41) is 12.5. The lowest BCUT2D eigenvalue weighted by atomic mass is 9.88. The van der Waals surface area contributed by atoms with Crippen LogP contribution in [0, 0.1) is 5.41 Å². The van der Waals surface area contributed by atoms with Gasteiger partial charge in [0.25, 0.3) is 0 Å². The summed E-state index contributed by atoms with van der Waals surface area (Å²) in [7, 11) is 6.24. The first-order chi connectivity index (χ1) is 17.6. The molecule has 2 atom stereocenters. The monoisotopic (exact) mass is 513 g/mol. The van der Waals surface area contributed by atoms with Crippen molar-refractivity contribution >= 4 is 33.2 Å². The first-order valence-corrected chi connectivity index (χ1v) is 12.1. The van der Waals surface area contributed by atoms with Crippen LogP contribution in [0.3, 0.4) is 0 Å². The van der Waals surface area contributed by atoms with Gasteiger partial charge in [0.05, 0.1) is 44.6 Å². The van der Waals surface area contributed by atoms with Gasteiger partial charge in [0.2, 0.25) is 6.29 Å². The van der Waals surface area contributed by atoms with E-state index in [-0.39, 0.29) is 19.4 Å². The Bertz CT molecular complexity index is 1350. The summed E-state index contributed by atoms with van der Waals surface area (Å²) in [6, 6.07) is 7.31. The van der Waals surface area contributed by atoms with Crippen molar-refractivity contribution in [1.29, 1.82) is 0 Å². The van der Waals surface area contributed by atoms with Gasteiger partial charge >= 0.3 is 5.97 Å². The summed E-state index contributed by atoms with van der Waals surface area (Å²) in [5.41, 5.74) is 5.65. The van der Waals surface area contributed by atoms with Gasteiger partial charge in [-0.2, -0.15) is 0 Å². The Labute approximate surface area is 216 Å². The summed E-state index contributed by atoms with van der Waals surface area (Å²) < 4.78 is 35.4. The van der Waals surface area contributed by atoms with Gasteiger partial charge in [0.15, 0.2) is 5.60 Å². The summed E-state index contributed by atoms with van der Waals surface area (Å²) in [6.45, 7) is 5.51. The number of esters is 1. The maximum absolute atomic E-state index is 13.2. The highest BCUT2D eigenvalue weighted by Crippen LogP contribution is 2.53. The third-order valence-electron chi connectivity index (χ3n) is 6.79. The SMILES string of the molecule is COc1cc(C[C@@]2(CCO)O[C@H](C(C)(C)C)OC2=O)c(OC)c2c(OC)c3cccc(N)c3c(OC)c12. The lowest BCUT2D eigenvalue weighted by Crippen LogP contribution is -2.41. The van der Waals surface area contributed by atoms with Crippen LogP contribution in [0.2, 0.25) is 0 Å². The van der Waals surface area contributed by atoms with Crippen molar-refractivity contribution in [2.24, 2.45) is 5.41 Å². The predicted octanol–water partition coefficient (Wildman–Crippen LogP) is 4.22. The van der Waals surface area contributed by atoms with Gasteiger partial charge in [-0.1, -0.05) is 32.9 Å². The molecule has 1 aliphatic heterocycles. The molecule has 3 aromatic rings. The number of nitrogens with two attached hydrogens (primary N) is 1. The van der Waals surface area contributed by atoms with Crippen LogP contribution in [0.5, 0.6) is 23.0 Å². The summed E-state index contributed by atoms with van der Waals surface area (Å²) >= 11 is 0. The standard InChI is InChI=1S/C28H35NO8/c1-27(2,3)26-36-25(31)28(37-26,11-12-30)14-15-13-18(32-4)20-21(22(15)33-5)23(34-6)16-9-8-10-17(29)19(16)24(20)35-7/h8-10,13,26,30H,11-12,14,29H2,1-7H3/t26-,28-/m1/s1. The predicted molar refractivity (Wildman–Crippen MR) is 141 cm³/mol. The number of carbonyl (C=O) groups excluding carboxylic acids is 1. The molecule has 0 aliphatic carbocycles. The lowest BCUT2D eigenvalue weighted by molar-refractivity contribution is -0.156. The van der Waals surface area contributed by atoms with Crippen LogP contribution in [-0.2, 0) is 20.7 Å². The van der Waals surface area contributed by atoms with Crippen molar-refractivity contribution in [3.8, 4) is 23.0 Å². The fourth-order valence-electron chi connectivity index (χ4n) is 5.04. The molecule has 1 heterocycles. The Morgan fingerprint density at radius 2 is 1.65 bits per heavy atom. The van der Waals surface area contributed by atoms with E-state index in [1.54, 1.807) is 40.6 Å². The molecule has 0 spiro atoms. The van der Waals surface area contributed by atoms with Crippen molar-refractivity contribution in [3.63, 3.8) is 0 Å². The molecule has 0 saturated carbocycles. The van der Waals surface area contributed by atoms with Gasteiger partial charge in [-0.15, -0.1) is 0 Å².